The Morgan fingerprint density at radius 3 is 2.59 bits per heavy atom. The number of hydrogen-bond acceptors (Lipinski definition) is 4. The summed E-state index contributed by atoms with van der Waals surface area (Å²) in [5.74, 6) is -0.0969. The molecule has 0 unspecified atom stereocenters. The molecular weight excluding hydrogens is 448 g/mol. The van der Waals surface area contributed by atoms with Gasteiger partial charge in [-0.05, 0) is 60.6 Å². The maximum atomic E-state index is 13.4. The van der Waals surface area contributed by atoms with Crippen molar-refractivity contribution in [2.45, 2.75) is 44.1 Å². The fraction of sp³-hybridized carbons (Fsp3) is 0.296. The molecule has 0 radical (unpaired) electrons. The second kappa shape index (κ2) is 9.14. The molecule has 0 saturated heterocycles. The summed E-state index contributed by atoms with van der Waals surface area (Å²) in [7, 11) is -3.73. The van der Waals surface area contributed by atoms with Crippen LogP contribution >= 0.6 is 0 Å². The molecule has 176 valence electrons. The van der Waals surface area contributed by atoms with E-state index in [9.17, 15) is 13.2 Å². The van der Waals surface area contributed by atoms with Crippen molar-refractivity contribution in [3.8, 4) is 5.75 Å². The van der Waals surface area contributed by atoms with Crippen molar-refractivity contribution in [1.82, 2.24) is 5.32 Å². The number of ether oxygens (including phenoxy) is 1. The van der Waals surface area contributed by atoms with Gasteiger partial charge in [0.15, 0.2) is 6.10 Å². The van der Waals surface area contributed by atoms with Gasteiger partial charge in [0.1, 0.15) is 5.75 Å². The van der Waals surface area contributed by atoms with Crippen molar-refractivity contribution < 1.29 is 17.9 Å². The molecule has 5 rings (SSSR count). The molecule has 2 aliphatic rings. The van der Waals surface area contributed by atoms with Gasteiger partial charge in [-0.1, -0.05) is 60.7 Å². The maximum Gasteiger partial charge on any atom is 0.263 e. The summed E-state index contributed by atoms with van der Waals surface area (Å²) in [6.07, 6.45) is 2.40. The van der Waals surface area contributed by atoms with E-state index >= 15 is 0 Å². The minimum atomic E-state index is -3.73. The number of sulfonamides is 1. The minimum Gasteiger partial charge on any atom is -0.476 e. The molecule has 34 heavy (non-hydrogen) atoms. The van der Waals surface area contributed by atoms with E-state index in [4.69, 9.17) is 4.74 Å². The molecule has 1 heterocycles. The molecule has 1 N–H and O–H groups in total. The molecule has 0 spiro atoms. The number of nitrogens with zero attached hydrogens (tertiary/aromatic N) is 1. The van der Waals surface area contributed by atoms with E-state index in [-0.39, 0.29) is 24.2 Å². The number of aryl methyl sites for hydroxylation is 2. The number of amides is 1. The Morgan fingerprint density at radius 2 is 1.76 bits per heavy atom. The second-order valence-electron chi connectivity index (χ2n) is 8.96. The highest BCUT2D eigenvalue weighted by molar-refractivity contribution is 7.92. The zero-order chi connectivity index (χ0) is 23.7. The fourth-order valence-electron chi connectivity index (χ4n) is 4.72. The standard InChI is InChI=1S/C27H28N2O4S/c1-19(22-15-14-21-10-7-11-23(21)16-22)28-27(30)26-17-29(24-12-5-6-13-25(24)33-26)34(31,32)18-20-8-3-2-4-9-20/h2-6,8-9,12-16,19,26H,7,10-11,17-18H2,1H3,(H,28,30)/t19-,26+/m1/s1. The monoisotopic (exact) mass is 476 g/mol. The van der Waals surface area contributed by atoms with Crippen LogP contribution in [-0.4, -0.2) is 27.0 Å². The number of hydrogen-bond donors (Lipinski definition) is 1. The number of nitrogens with one attached hydrogen (secondary N) is 1. The Labute approximate surface area is 200 Å². The van der Waals surface area contributed by atoms with Gasteiger partial charge in [0.2, 0.25) is 10.0 Å². The zero-order valence-corrected chi connectivity index (χ0v) is 19.9. The lowest BCUT2D eigenvalue weighted by Crippen LogP contribution is -2.51. The van der Waals surface area contributed by atoms with Gasteiger partial charge >= 0.3 is 0 Å². The highest BCUT2D eigenvalue weighted by Gasteiger charge is 2.37. The van der Waals surface area contributed by atoms with Crippen LogP contribution in [0, 0.1) is 0 Å². The van der Waals surface area contributed by atoms with Crippen molar-refractivity contribution in [1.29, 1.82) is 0 Å². The fourth-order valence-corrected chi connectivity index (χ4v) is 6.30. The summed E-state index contributed by atoms with van der Waals surface area (Å²) in [5.41, 5.74) is 4.92. The van der Waals surface area contributed by atoms with Gasteiger partial charge in [0, 0.05) is 0 Å². The van der Waals surface area contributed by atoms with Crippen LogP contribution in [0.4, 0.5) is 5.69 Å². The third kappa shape index (κ3) is 4.53. The molecule has 3 aromatic carbocycles. The summed E-state index contributed by atoms with van der Waals surface area (Å²) in [4.78, 5) is 13.2. The molecule has 0 aromatic heterocycles. The van der Waals surface area contributed by atoms with E-state index in [0.717, 1.165) is 18.4 Å². The van der Waals surface area contributed by atoms with E-state index in [2.05, 4.69) is 23.5 Å². The number of fused-ring (bicyclic) bond motifs is 2. The van der Waals surface area contributed by atoms with Crippen LogP contribution in [-0.2, 0) is 33.4 Å². The summed E-state index contributed by atoms with van der Waals surface area (Å²) >= 11 is 0. The third-order valence-electron chi connectivity index (χ3n) is 6.54. The first-order valence-electron chi connectivity index (χ1n) is 11.6. The molecular formula is C27H28N2O4S. The summed E-state index contributed by atoms with van der Waals surface area (Å²) in [6.45, 7) is 1.87. The lowest BCUT2D eigenvalue weighted by atomic mass is 10.0. The predicted molar refractivity (Wildman–Crippen MR) is 132 cm³/mol. The first-order valence-corrected chi connectivity index (χ1v) is 13.2. The van der Waals surface area contributed by atoms with Crippen molar-refractivity contribution in [3.63, 3.8) is 0 Å². The van der Waals surface area contributed by atoms with E-state index < -0.39 is 16.1 Å². The number of anilines is 1. The summed E-state index contributed by atoms with van der Waals surface area (Å²) in [5, 5.41) is 3.02. The van der Waals surface area contributed by atoms with Crippen molar-refractivity contribution in [3.05, 3.63) is 95.1 Å². The van der Waals surface area contributed by atoms with E-state index in [1.54, 1.807) is 36.4 Å². The highest BCUT2D eigenvalue weighted by atomic mass is 32.2. The van der Waals surface area contributed by atoms with Crippen LogP contribution < -0.4 is 14.4 Å². The van der Waals surface area contributed by atoms with Crippen LogP contribution in [0.3, 0.4) is 0 Å². The van der Waals surface area contributed by atoms with Crippen molar-refractivity contribution >= 4 is 21.6 Å². The molecule has 7 heteroatoms. The third-order valence-corrected chi connectivity index (χ3v) is 8.25. The van der Waals surface area contributed by atoms with Crippen LogP contribution in [0.1, 0.15) is 41.6 Å². The lowest BCUT2D eigenvalue weighted by Gasteiger charge is -2.35. The average molecular weight is 477 g/mol. The lowest BCUT2D eigenvalue weighted by molar-refractivity contribution is -0.128. The number of carbonyl (C=O) groups excluding carboxylic acids is 1. The van der Waals surface area contributed by atoms with Gasteiger partial charge in [-0.3, -0.25) is 9.10 Å². The molecule has 2 atom stereocenters. The van der Waals surface area contributed by atoms with Gasteiger partial charge < -0.3 is 10.1 Å². The van der Waals surface area contributed by atoms with Crippen LogP contribution in [0.5, 0.6) is 5.75 Å². The Bertz CT molecular complexity index is 1310. The number of benzene rings is 3. The molecule has 0 bridgehead atoms. The van der Waals surface area contributed by atoms with Gasteiger partial charge in [-0.15, -0.1) is 0 Å². The number of carbonyl (C=O) groups is 1. The molecule has 0 saturated carbocycles. The van der Waals surface area contributed by atoms with E-state index in [1.165, 1.54) is 21.9 Å². The Balaban J connectivity index is 1.36. The first-order chi connectivity index (χ1) is 16.4. The normalized spacial score (nSPS) is 17.9. The zero-order valence-electron chi connectivity index (χ0n) is 19.1. The molecule has 1 aliphatic carbocycles. The summed E-state index contributed by atoms with van der Waals surface area (Å²) < 4.78 is 34.0. The SMILES string of the molecule is C[C@@H](NC(=O)[C@@H]1CN(S(=O)(=O)Cc2ccccc2)c2ccccc2O1)c1ccc2c(c1)CCC2. The largest absolute Gasteiger partial charge is 0.476 e. The van der Waals surface area contributed by atoms with Crippen molar-refractivity contribution in [2.24, 2.45) is 0 Å². The highest BCUT2D eigenvalue weighted by Crippen LogP contribution is 2.36. The minimum absolute atomic E-state index is 0.0745. The molecule has 3 aromatic rings. The Morgan fingerprint density at radius 1 is 1.03 bits per heavy atom. The molecule has 1 aliphatic heterocycles. The Hall–Kier alpha value is -3.32. The Kier molecular flexibility index (Phi) is 6.04. The second-order valence-corrected chi connectivity index (χ2v) is 10.9. The number of para-hydroxylation sites is 2. The van der Waals surface area contributed by atoms with Crippen LogP contribution in [0.15, 0.2) is 72.8 Å². The van der Waals surface area contributed by atoms with Crippen LogP contribution in [0.2, 0.25) is 0 Å². The van der Waals surface area contributed by atoms with Gasteiger partial charge in [-0.2, -0.15) is 0 Å². The van der Waals surface area contributed by atoms with Crippen molar-refractivity contribution in [2.75, 3.05) is 10.8 Å². The van der Waals surface area contributed by atoms with Gasteiger partial charge in [-0.25, -0.2) is 8.42 Å². The average Bonchev–Trinajstić information content (AvgIpc) is 3.31. The first kappa shape index (κ1) is 22.5. The summed E-state index contributed by atoms with van der Waals surface area (Å²) in [6, 6.07) is 22.1. The van der Waals surface area contributed by atoms with E-state index in [0.29, 0.717) is 17.0 Å². The predicted octanol–water partition coefficient (Wildman–Crippen LogP) is 4.15. The smallest absolute Gasteiger partial charge is 0.263 e. The maximum absolute atomic E-state index is 13.4. The van der Waals surface area contributed by atoms with E-state index in [1.807, 2.05) is 25.1 Å². The number of rotatable bonds is 6. The molecule has 0 fully saturated rings. The van der Waals surface area contributed by atoms with Gasteiger partial charge in [0.05, 0.1) is 24.0 Å². The van der Waals surface area contributed by atoms with Gasteiger partial charge in [0.25, 0.3) is 5.91 Å². The van der Waals surface area contributed by atoms with Crippen LogP contribution in [0.25, 0.3) is 0 Å². The molecule has 6 nitrogen and oxygen atoms in total. The topological polar surface area (TPSA) is 75.7 Å². The quantitative estimate of drug-likeness (QED) is 0.580. The molecule has 1 amide bonds.